The van der Waals surface area contributed by atoms with Gasteiger partial charge in [-0.15, -0.1) is 0 Å². The Hall–Kier alpha value is -1.93. The summed E-state index contributed by atoms with van der Waals surface area (Å²) in [6.45, 7) is 6.36. The third-order valence-corrected chi connectivity index (χ3v) is 6.20. The van der Waals surface area contributed by atoms with Crippen LogP contribution in [0.1, 0.15) is 45.1 Å². The number of methoxy groups -OCH3 is 1. The SMILES string of the molecule is COCC[N+]1=C(C=CC2CCCC2)C(C)(C)c2cc3ccccc3cc21. The molecule has 0 N–H and O–H groups in total. The van der Waals surface area contributed by atoms with Crippen molar-refractivity contribution >= 4 is 22.2 Å². The highest BCUT2D eigenvalue weighted by Gasteiger charge is 2.44. The fraction of sp³-hybridized carbons (Fsp3) is 0.458. The molecule has 136 valence electrons. The van der Waals surface area contributed by atoms with Crippen molar-refractivity contribution in [2.45, 2.75) is 44.9 Å². The van der Waals surface area contributed by atoms with Crippen molar-refractivity contribution in [3.05, 3.63) is 54.1 Å². The number of fused-ring (bicyclic) bond motifs is 2. The monoisotopic (exact) mass is 348 g/mol. The summed E-state index contributed by atoms with van der Waals surface area (Å²) in [6.07, 6.45) is 10.3. The van der Waals surface area contributed by atoms with Crippen LogP contribution in [-0.4, -0.2) is 30.5 Å². The van der Waals surface area contributed by atoms with Gasteiger partial charge in [0.15, 0.2) is 12.3 Å². The van der Waals surface area contributed by atoms with Gasteiger partial charge in [0.25, 0.3) is 0 Å². The van der Waals surface area contributed by atoms with E-state index in [9.17, 15) is 0 Å². The minimum absolute atomic E-state index is 0.0161. The van der Waals surface area contributed by atoms with E-state index in [0.717, 1.165) is 19.1 Å². The molecule has 0 bridgehead atoms. The molecule has 0 aromatic heterocycles. The van der Waals surface area contributed by atoms with E-state index in [0.29, 0.717) is 0 Å². The number of ether oxygens (including phenoxy) is 1. The molecule has 0 unspecified atom stereocenters. The lowest BCUT2D eigenvalue weighted by molar-refractivity contribution is -0.441. The van der Waals surface area contributed by atoms with Crippen LogP contribution in [0.15, 0.2) is 48.6 Å². The van der Waals surface area contributed by atoms with Crippen LogP contribution in [0.25, 0.3) is 10.8 Å². The predicted molar refractivity (Wildman–Crippen MR) is 110 cm³/mol. The van der Waals surface area contributed by atoms with Crippen molar-refractivity contribution in [3.8, 4) is 0 Å². The minimum Gasteiger partial charge on any atom is -0.378 e. The number of nitrogens with zero attached hydrogens (tertiary/aromatic N) is 1. The van der Waals surface area contributed by atoms with Crippen LogP contribution in [0.5, 0.6) is 0 Å². The topological polar surface area (TPSA) is 12.2 Å². The second-order valence-corrected chi connectivity index (χ2v) is 8.27. The molecule has 1 heterocycles. The van der Waals surface area contributed by atoms with Gasteiger partial charge in [-0.2, -0.15) is 4.58 Å². The van der Waals surface area contributed by atoms with Crippen molar-refractivity contribution in [1.29, 1.82) is 0 Å². The quantitative estimate of drug-likeness (QED) is 0.640. The van der Waals surface area contributed by atoms with Gasteiger partial charge in [-0.25, -0.2) is 0 Å². The van der Waals surface area contributed by atoms with E-state index in [4.69, 9.17) is 4.74 Å². The number of benzene rings is 2. The van der Waals surface area contributed by atoms with Gasteiger partial charge < -0.3 is 4.74 Å². The maximum Gasteiger partial charge on any atom is 0.210 e. The van der Waals surface area contributed by atoms with Crippen molar-refractivity contribution in [2.75, 3.05) is 20.3 Å². The zero-order valence-corrected chi connectivity index (χ0v) is 16.3. The highest BCUT2D eigenvalue weighted by Crippen LogP contribution is 2.42. The maximum atomic E-state index is 5.42. The van der Waals surface area contributed by atoms with Crippen LogP contribution in [0, 0.1) is 5.92 Å². The molecule has 1 saturated carbocycles. The third kappa shape index (κ3) is 3.01. The first-order valence-corrected chi connectivity index (χ1v) is 9.96. The molecule has 26 heavy (non-hydrogen) atoms. The first-order valence-electron chi connectivity index (χ1n) is 9.96. The van der Waals surface area contributed by atoms with Crippen molar-refractivity contribution in [3.63, 3.8) is 0 Å². The molecule has 0 saturated heterocycles. The molecule has 2 aromatic rings. The second kappa shape index (κ2) is 7.00. The molecule has 2 heteroatoms. The molecule has 2 aliphatic rings. The minimum atomic E-state index is 0.0161. The van der Waals surface area contributed by atoms with E-state index in [1.54, 1.807) is 7.11 Å². The molecule has 0 radical (unpaired) electrons. The summed E-state index contributed by atoms with van der Waals surface area (Å²) in [6, 6.07) is 13.4. The van der Waals surface area contributed by atoms with Gasteiger partial charge in [0, 0.05) is 24.8 Å². The summed E-state index contributed by atoms with van der Waals surface area (Å²) in [5.41, 5.74) is 4.20. The summed E-state index contributed by atoms with van der Waals surface area (Å²) in [5.74, 6) is 0.755. The lowest BCUT2D eigenvalue weighted by Crippen LogP contribution is -2.28. The Balaban J connectivity index is 1.82. The molecule has 4 rings (SSSR count). The van der Waals surface area contributed by atoms with E-state index in [1.165, 1.54) is 53.4 Å². The van der Waals surface area contributed by atoms with Crippen molar-refractivity contribution in [1.82, 2.24) is 0 Å². The Morgan fingerprint density at radius 3 is 2.50 bits per heavy atom. The maximum absolute atomic E-state index is 5.42. The Bertz CT molecular complexity index is 869. The Kier molecular flexibility index (Phi) is 4.71. The van der Waals surface area contributed by atoms with Crippen molar-refractivity contribution < 1.29 is 9.31 Å². The van der Waals surface area contributed by atoms with Crippen LogP contribution in [0.2, 0.25) is 0 Å². The normalized spacial score (nSPS) is 19.8. The fourth-order valence-corrected chi connectivity index (χ4v) is 4.66. The summed E-state index contributed by atoms with van der Waals surface area (Å²) in [5, 5.41) is 2.64. The predicted octanol–water partition coefficient (Wildman–Crippen LogP) is 5.61. The lowest BCUT2D eigenvalue weighted by atomic mass is 9.80. The largest absolute Gasteiger partial charge is 0.378 e. The van der Waals surface area contributed by atoms with Crippen LogP contribution in [0.3, 0.4) is 0 Å². The van der Waals surface area contributed by atoms with Gasteiger partial charge >= 0.3 is 0 Å². The van der Waals surface area contributed by atoms with Crippen LogP contribution in [-0.2, 0) is 10.2 Å². The van der Waals surface area contributed by atoms with Gasteiger partial charge in [-0.3, -0.25) is 0 Å². The van der Waals surface area contributed by atoms with Gasteiger partial charge in [0.2, 0.25) is 5.69 Å². The molecule has 1 aliphatic carbocycles. The fourth-order valence-electron chi connectivity index (χ4n) is 4.66. The second-order valence-electron chi connectivity index (χ2n) is 8.27. The van der Waals surface area contributed by atoms with Crippen LogP contribution >= 0.6 is 0 Å². The number of hydrogen-bond acceptors (Lipinski definition) is 1. The van der Waals surface area contributed by atoms with E-state index in [-0.39, 0.29) is 5.41 Å². The third-order valence-electron chi connectivity index (χ3n) is 6.20. The number of hydrogen-bond donors (Lipinski definition) is 0. The average Bonchev–Trinajstić information content (AvgIpc) is 3.22. The zero-order valence-electron chi connectivity index (χ0n) is 16.3. The Morgan fingerprint density at radius 1 is 1.12 bits per heavy atom. The molecular weight excluding hydrogens is 318 g/mol. The zero-order chi connectivity index (χ0) is 18.1. The van der Waals surface area contributed by atoms with Gasteiger partial charge in [-0.05, 0) is 49.4 Å². The molecular formula is C24H30NO+. The van der Waals surface area contributed by atoms with Crippen molar-refractivity contribution in [2.24, 2.45) is 5.92 Å². The standard InChI is InChI=1S/C24H30NO/c1-24(2)21-16-19-10-6-7-11-20(19)17-22(21)25(14-15-26-3)23(24)13-12-18-8-4-5-9-18/h6-7,10-13,16-18H,4-5,8-9,14-15H2,1-3H3/q+1. The molecule has 0 spiro atoms. The molecule has 1 aliphatic heterocycles. The van der Waals surface area contributed by atoms with Crippen LogP contribution < -0.4 is 0 Å². The smallest absolute Gasteiger partial charge is 0.210 e. The average molecular weight is 349 g/mol. The molecule has 2 aromatic carbocycles. The van der Waals surface area contributed by atoms with E-state index in [1.807, 2.05) is 0 Å². The number of rotatable bonds is 5. The highest BCUT2D eigenvalue weighted by molar-refractivity contribution is 6.04. The van der Waals surface area contributed by atoms with E-state index < -0.39 is 0 Å². The number of allylic oxidation sites excluding steroid dienone is 2. The Labute approximate surface area is 157 Å². The van der Waals surface area contributed by atoms with Crippen LogP contribution in [0.4, 0.5) is 5.69 Å². The summed E-state index contributed by atoms with van der Waals surface area (Å²) in [7, 11) is 1.79. The molecule has 0 amide bonds. The molecule has 2 nitrogen and oxygen atoms in total. The molecule has 0 atom stereocenters. The molecule has 1 fully saturated rings. The van der Waals surface area contributed by atoms with Gasteiger partial charge in [0.1, 0.15) is 6.61 Å². The van der Waals surface area contributed by atoms with E-state index >= 15 is 0 Å². The summed E-state index contributed by atoms with van der Waals surface area (Å²) in [4.78, 5) is 0. The lowest BCUT2D eigenvalue weighted by Gasteiger charge is -2.16. The van der Waals surface area contributed by atoms with Gasteiger partial charge in [-0.1, -0.05) is 43.2 Å². The van der Waals surface area contributed by atoms with Gasteiger partial charge in [0.05, 0.1) is 5.41 Å². The Morgan fingerprint density at radius 2 is 1.81 bits per heavy atom. The van der Waals surface area contributed by atoms with E-state index in [2.05, 4.69) is 67.0 Å². The summed E-state index contributed by atoms with van der Waals surface area (Å²) >= 11 is 0. The first-order chi connectivity index (χ1) is 12.6. The highest BCUT2D eigenvalue weighted by atomic mass is 16.5. The summed E-state index contributed by atoms with van der Waals surface area (Å²) < 4.78 is 7.90. The first kappa shape index (κ1) is 17.5.